The molecule has 2 saturated carbocycles. The van der Waals surface area contributed by atoms with Crippen molar-refractivity contribution >= 4 is 11.6 Å². The molecule has 0 saturated heterocycles. The van der Waals surface area contributed by atoms with Crippen molar-refractivity contribution in [3.05, 3.63) is 0 Å². The molecule has 0 aromatic carbocycles. The number of hydrogen-bond acceptors (Lipinski definition) is 3. The molecule has 0 spiro atoms. The lowest BCUT2D eigenvalue weighted by Crippen LogP contribution is -2.23. The zero-order chi connectivity index (χ0) is 15.0. The Balaban J connectivity index is 1.37. The fourth-order valence-electron chi connectivity index (χ4n) is 3.46. The molecule has 2 aliphatic rings. The quantitative estimate of drug-likeness (QED) is 0.381. The number of halogens is 1. The standard InChI is InChI=1S/C17H31ClO3/c1-2-3-5-19-7-9-21-10-8-20-6-4-17(14-18)12-15-11-16(15)13-17/h15-16H,2-14H2,1H3. The van der Waals surface area contributed by atoms with Gasteiger partial charge in [-0.25, -0.2) is 0 Å². The third-order valence-corrected chi connectivity index (χ3v) is 5.47. The van der Waals surface area contributed by atoms with Crippen LogP contribution in [0.4, 0.5) is 0 Å². The summed E-state index contributed by atoms with van der Waals surface area (Å²) in [7, 11) is 0. The molecule has 0 aromatic rings. The van der Waals surface area contributed by atoms with Crippen LogP contribution in [0.3, 0.4) is 0 Å². The Morgan fingerprint density at radius 2 is 1.48 bits per heavy atom. The van der Waals surface area contributed by atoms with E-state index in [1.165, 1.54) is 25.7 Å². The summed E-state index contributed by atoms with van der Waals surface area (Å²) < 4.78 is 16.6. The number of alkyl halides is 1. The smallest absolute Gasteiger partial charge is 0.0701 e. The number of rotatable bonds is 13. The first-order valence-corrected chi connectivity index (χ1v) is 9.12. The van der Waals surface area contributed by atoms with E-state index in [0.717, 1.165) is 43.8 Å². The molecule has 2 fully saturated rings. The van der Waals surface area contributed by atoms with E-state index in [1.54, 1.807) is 0 Å². The van der Waals surface area contributed by atoms with Crippen molar-refractivity contribution in [1.82, 2.24) is 0 Å². The Labute approximate surface area is 134 Å². The highest BCUT2D eigenvalue weighted by atomic mass is 35.5. The predicted molar refractivity (Wildman–Crippen MR) is 86.0 cm³/mol. The number of hydrogen-bond donors (Lipinski definition) is 0. The zero-order valence-corrected chi connectivity index (χ0v) is 14.2. The summed E-state index contributed by atoms with van der Waals surface area (Å²) in [5.41, 5.74) is 0.378. The molecule has 3 nitrogen and oxygen atoms in total. The molecule has 2 unspecified atom stereocenters. The Morgan fingerprint density at radius 1 is 0.905 bits per heavy atom. The molecule has 124 valence electrons. The first-order valence-electron chi connectivity index (χ1n) is 8.59. The lowest BCUT2D eigenvalue weighted by atomic mass is 9.82. The van der Waals surface area contributed by atoms with Crippen LogP contribution < -0.4 is 0 Å². The van der Waals surface area contributed by atoms with Crippen molar-refractivity contribution in [3.63, 3.8) is 0 Å². The predicted octanol–water partition coefficient (Wildman–Crippen LogP) is 3.88. The Morgan fingerprint density at radius 3 is 2.05 bits per heavy atom. The lowest BCUT2D eigenvalue weighted by Gasteiger charge is -2.28. The molecule has 0 bridgehead atoms. The highest BCUT2D eigenvalue weighted by molar-refractivity contribution is 6.18. The van der Waals surface area contributed by atoms with Gasteiger partial charge in [0.1, 0.15) is 0 Å². The summed E-state index contributed by atoms with van der Waals surface area (Å²) >= 11 is 6.19. The largest absolute Gasteiger partial charge is 0.379 e. The molecule has 0 aromatic heterocycles. The van der Waals surface area contributed by atoms with Gasteiger partial charge in [-0.2, -0.15) is 0 Å². The fourth-order valence-corrected chi connectivity index (χ4v) is 3.81. The summed E-state index contributed by atoms with van der Waals surface area (Å²) in [5.74, 6) is 2.77. The summed E-state index contributed by atoms with van der Waals surface area (Å²) in [6.45, 7) is 6.54. The van der Waals surface area contributed by atoms with Gasteiger partial charge in [-0.1, -0.05) is 13.3 Å². The molecule has 2 rings (SSSR count). The Hall–Kier alpha value is 0.170. The van der Waals surface area contributed by atoms with E-state index in [2.05, 4.69) is 6.92 Å². The monoisotopic (exact) mass is 318 g/mol. The van der Waals surface area contributed by atoms with Crippen molar-refractivity contribution in [2.75, 3.05) is 45.5 Å². The lowest BCUT2D eigenvalue weighted by molar-refractivity contribution is 0.00847. The van der Waals surface area contributed by atoms with Crippen molar-refractivity contribution in [2.24, 2.45) is 17.3 Å². The van der Waals surface area contributed by atoms with Gasteiger partial charge in [-0.05, 0) is 49.4 Å². The highest BCUT2D eigenvalue weighted by Crippen LogP contribution is 2.61. The third kappa shape index (κ3) is 6.05. The molecule has 0 radical (unpaired) electrons. The second-order valence-electron chi connectivity index (χ2n) is 6.74. The molecular formula is C17H31ClO3. The SMILES string of the molecule is CCCCOCCOCCOCCC1(CCl)CC2CC2C1. The molecule has 21 heavy (non-hydrogen) atoms. The van der Waals surface area contributed by atoms with E-state index in [9.17, 15) is 0 Å². The Kier molecular flexibility index (Phi) is 7.79. The van der Waals surface area contributed by atoms with Crippen LogP contribution in [0, 0.1) is 17.3 Å². The number of ether oxygens (including phenoxy) is 3. The minimum atomic E-state index is 0.378. The van der Waals surface area contributed by atoms with Crippen LogP contribution in [0.2, 0.25) is 0 Å². The first kappa shape index (κ1) is 17.5. The summed E-state index contributed by atoms with van der Waals surface area (Å²) in [6, 6.07) is 0. The molecule has 0 N–H and O–H groups in total. The molecular weight excluding hydrogens is 288 g/mol. The minimum absolute atomic E-state index is 0.378. The van der Waals surface area contributed by atoms with Crippen LogP contribution in [-0.2, 0) is 14.2 Å². The summed E-state index contributed by atoms with van der Waals surface area (Å²) in [5, 5.41) is 0. The summed E-state index contributed by atoms with van der Waals surface area (Å²) in [6.07, 6.45) is 7.54. The summed E-state index contributed by atoms with van der Waals surface area (Å²) in [4.78, 5) is 0. The van der Waals surface area contributed by atoms with Gasteiger partial charge in [-0.15, -0.1) is 11.6 Å². The second-order valence-corrected chi connectivity index (χ2v) is 7.01. The second kappa shape index (κ2) is 9.34. The first-order chi connectivity index (χ1) is 10.3. The third-order valence-electron chi connectivity index (χ3n) is 4.91. The van der Waals surface area contributed by atoms with E-state index >= 15 is 0 Å². The van der Waals surface area contributed by atoms with Gasteiger partial charge in [0.2, 0.25) is 0 Å². The maximum atomic E-state index is 6.19. The zero-order valence-electron chi connectivity index (χ0n) is 13.4. The molecule has 2 aliphatic carbocycles. The molecule has 0 aliphatic heterocycles. The fraction of sp³-hybridized carbons (Fsp3) is 1.00. The maximum absolute atomic E-state index is 6.19. The average molecular weight is 319 g/mol. The van der Waals surface area contributed by atoms with Crippen molar-refractivity contribution < 1.29 is 14.2 Å². The van der Waals surface area contributed by atoms with Gasteiger partial charge in [0.25, 0.3) is 0 Å². The average Bonchev–Trinajstić information content (AvgIpc) is 3.12. The van der Waals surface area contributed by atoms with Gasteiger partial charge in [-0.3, -0.25) is 0 Å². The van der Waals surface area contributed by atoms with Crippen LogP contribution >= 0.6 is 11.6 Å². The Bertz CT molecular complexity index is 275. The molecule has 2 atom stereocenters. The van der Waals surface area contributed by atoms with Gasteiger partial charge < -0.3 is 14.2 Å². The highest BCUT2D eigenvalue weighted by Gasteiger charge is 2.52. The van der Waals surface area contributed by atoms with Gasteiger partial charge >= 0.3 is 0 Å². The topological polar surface area (TPSA) is 27.7 Å². The van der Waals surface area contributed by atoms with E-state index in [-0.39, 0.29) is 0 Å². The van der Waals surface area contributed by atoms with E-state index in [4.69, 9.17) is 25.8 Å². The van der Waals surface area contributed by atoms with Gasteiger partial charge in [0.05, 0.1) is 26.4 Å². The van der Waals surface area contributed by atoms with Gasteiger partial charge in [0.15, 0.2) is 0 Å². The van der Waals surface area contributed by atoms with Crippen LogP contribution in [0.5, 0.6) is 0 Å². The van der Waals surface area contributed by atoms with Gasteiger partial charge in [0, 0.05) is 19.1 Å². The van der Waals surface area contributed by atoms with E-state index in [1.807, 2.05) is 0 Å². The van der Waals surface area contributed by atoms with E-state index < -0.39 is 0 Å². The number of fused-ring (bicyclic) bond motifs is 1. The van der Waals surface area contributed by atoms with Crippen molar-refractivity contribution in [1.29, 1.82) is 0 Å². The van der Waals surface area contributed by atoms with E-state index in [0.29, 0.717) is 31.8 Å². The molecule has 4 heteroatoms. The van der Waals surface area contributed by atoms with Crippen LogP contribution in [0.25, 0.3) is 0 Å². The number of unbranched alkanes of at least 4 members (excludes halogenated alkanes) is 1. The van der Waals surface area contributed by atoms with Crippen molar-refractivity contribution in [2.45, 2.75) is 45.4 Å². The normalized spacial score (nSPS) is 30.6. The van der Waals surface area contributed by atoms with Crippen molar-refractivity contribution in [3.8, 4) is 0 Å². The maximum Gasteiger partial charge on any atom is 0.0701 e. The van der Waals surface area contributed by atoms with Crippen LogP contribution in [0.15, 0.2) is 0 Å². The minimum Gasteiger partial charge on any atom is -0.379 e. The molecule has 0 heterocycles. The van der Waals surface area contributed by atoms with Crippen LogP contribution in [-0.4, -0.2) is 45.5 Å². The molecule has 0 amide bonds. The van der Waals surface area contributed by atoms with Crippen LogP contribution in [0.1, 0.15) is 45.4 Å².